The van der Waals surface area contributed by atoms with Crippen molar-refractivity contribution in [3.8, 4) is 27.9 Å². The van der Waals surface area contributed by atoms with E-state index in [2.05, 4.69) is 161 Å². The fourth-order valence-corrected chi connectivity index (χ4v) is 8.44. The van der Waals surface area contributed by atoms with Gasteiger partial charge in [0.2, 0.25) is 0 Å². The van der Waals surface area contributed by atoms with Crippen molar-refractivity contribution in [2.24, 2.45) is 0 Å². The lowest BCUT2D eigenvalue weighted by molar-refractivity contribution is 0.671. The number of benzene rings is 7. The van der Waals surface area contributed by atoms with E-state index in [9.17, 15) is 0 Å². The van der Waals surface area contributed by atoms with Gasteiger partial charge in [-0.3, -0.25) is 0 Å². The lowest BCUT2D eigenvalue weighted by Crippen LogP contribution is -2.59. The van der Waals surface area contributed by atoms with Gasteiger partial charge in [-0.2, -0.15) is 0 Å². The molecule has 9 aromatic rings. The average Bonchev–Trinajstić information content (AvgIpc) is 3.68. The van der Waals surface area contributed by atoms with Gasteiger partial charge in [-0.25, -0.2) is 0 Å². The molecule has 3 nitrogen and oxygen atoms in total. The summed E-state index contributed by atoms with van der Waals surface area (Å²) in [6.45, 7) is 0.0208. The molecule has 0 atom stereocenters. The van der Waals surface area contributed by atoms with Gasteiger partial charge in [-0.1, -0.05) is 121 Å². The van der Waals surface area contributed by atoms with Crippen LogP contribution in [0.15, 0.2) is 156 Å². The summed E-state index contributed by atoms with van der Waals surface area (Å²) >= 11 is 0. The number of rotatable bonds is 1. The fraction of sp³-hybridized carbons (Fsp3) is 0. The molecule has 0 radical (unpaired) electrons. The highest BCUT2D eigenvalue weighted by Crippen LogP contribution is 2.55. The van der Waals surface area contributed by atoms with Crippen LogP contribution >= 0.6 is 0 Å². The van der Waals surface area contributed by atoms with Gasteiger partial charge in [-0.05, 0) is 52.4 Å². The minimum absolute atomic E-state index is 0.0208. The topological polar surface area (TPSA) is 21.3 Å². The molecule has 0 aliphatic carbocycles. The highest BCUT2D eigenvalue weighted by Gasteiger charge is 2.44. The molecule has 0 fully saturated rings. The third kappa shape index (κ3) is 2.94. The second-order valence-electron chi connectivity index (χ2n) is 12.4. The number of furan rings is 1. The monoisotopic (exact) mass is 584 g/mol. The Hall–Kier alpha value is -6.00. The molecule has 4 heteroatoms. The van der Waals surface area contributed by atoms with Crippen molar-refractivity contribution < 1.29 is 4.42 Å². The van der Waals surface area contributed by atoms with E-state index in [-0.39, 0.29) is 6.85 Å². The highest BCUT2D eigenvalue weighted by atomic mass is 16.3. The molecule has 0 spiro atoms. The first-order valence-electron chi connectivity index (χ1n) is 15.9. The fourth-order valence-electron chi connectivity index (χ4n) is 8.44. The maximum atomic E-state index is 6.96. The molecule has 0 N–H and O–H groups in total. The van der Waals surface area contributed by atoms with Gasteiger partial charge in [0.1, 0.15) is 5.58 Å². The second kappa shape index (κ2) is 8.80. The van der Waals surface area contributed by atoms with Crippen LogP contribution in [0.5, 0.6) is 0 Å². The van der Waals surface area contributed by atoms with Crippen LogP contribution in [0, 0.1) is 0 Å². The van der Waals surface area contributed by atoms with Crippen molar-refractivity contribution in [2.75, 3.05) is 4.81 Å². The van der Waals surface area contributed by atoms with E-state index >= 15 is 0 Å². The summed E-state index contributed by atoms with van der Waals surface area (Å²) in [4.78, 5) is 2.64. The molecular formula is C42H25BN2O. The summed E-state index contributed by atoms with van der Waals surface area (Å²) in [6, 6.07) is 55.0. The SMILES string of the molecule is c1ccc(-n2c3ccccc3c3c4c(c5c6ccccc6oc5c32)-c2ccccc2B2c3ccccc3-c3ccccc3N24)cc1. The van der Waals surface area contributed by atoms with Gasteiger partial charge in [-0.15, -0.1) is 0 Å². The summed E-state index contributed by atoms with van der Waals surface area (Å²) in [6.07, 6.45) is 0. The van der Waals surface area contributed by atoms with Gasteiger partial charge in [0.25, 0.3) is 0 Å². The molecule has 0 saturated heterocycles. The summed E-state index contributed by atoms with van der Waals surface area (Å²) in [7, 11) is 0. The Kier molecular flexibility index (Phi) is 4.66. The third-order valence-corrected chi connectivity index (χ3v) is 10.2. The molecule has 46 heavy (non-hydrogen) atoms. The van der Waals surface area contributed by atoms with E-state index in [1.165, 1.54) is 66.2 Å². The Labute approximate surface area is 265 Å². The number of hydrogen-bond donors (Lipinski definition) is 0. The van der Waals surface area contributed by atoms with Crippen LogP contribution in [0.25, 0.3) is 71.7 Å². The molecule has 2 aliphatic heterocycles. The quantitative estimate of drug-likeness (QED) is 0.179. The molecular weight excluding hydrogens is 559 g/mol. The highest BCUT2D eigenvalue weighted by molar-refractivity contribution is 6.93. The molecule has 0 bridgehead atoms. The van der Waals surface area contributed by atoms with E-state index < -0.39 is 0 Å². The third-order valence-electron chi connectivity index (χ3n) is 10.2. The lowest BCUT2D eigenvalue weighted by Gasteiger charge is -2.44. The lowest BCUT2D eigenvalue weighted by atomic mass is 9.43. The van der Waals surface area contributed by atoms with Gasteiger partial charge < -0.3 is 13.8 Å². The Morgan fingerprint density at radius 1 is 0.500 bits per heavy atom. The molecule has 4 heterocycles. The number of anilines is 2. The van der Waals surface area contributed by atoms with Crippen LogP contribution in [0.2, 0.25) is 0 Å². The minimum atomic E-state index is 0.0208. The molecule has 7 aromatic carbocycles. The first-order chi connectivity index (χ1) is 22.9. The van der Waals surface area contributed by atoms with E-state index in [1.54, 1.807) is 0 Å². The molecule has 0 amide bonds. The second-order valence-corrected chi connectivity index (χ2v) is 12.4. The van der Waals surface area contributed by atoms with Crippen LogP contribution in [0.4, 0.5) is 11.4 Å². The van der Waals surface area contributed by atoms with Crippen molar-refractivity contribution >= 4 is 72.9 Å². The smallest absolute Gasteiger partial charge is 0.329 e. The number of hydrogen-bond acceptors (Lipinski definition) is 2. The predicted octanol–water partition coefficient (Wildman–Crippen LogP) is 9.59. The van der Waals surface area contributed by atoms with E-state index in [0.717, 1.165) is 27.8 Å². The molecule has 11 rings (SSSR count). The summed E-state index contributed by atoms with van der Waals surface area (Å²) in [5.41, 5.74) is 15.4. The summed E-state index contributed by atoms with van der Waals surface area (Å²) in [5.74, 6) is 0. The Morgan fingerprint density at radius 2 is 1.13 bits per heavy atom. The molecule has 0 unspecified atom stereocenters. The van der Waals surface area contributed by atoms with Crippen LogP contribution in [0.3, 0.4) is 0 Å². The van der Waals surface area contributed by atoms with Crippen LogP contribution < -0.4 is 15.7 Å². The van der Waals surface area contributed by atoms with E-state index in [4.69, 9.17) is 4.42 Å². The zero-order chi connectivity index (χ0) is 29.9. The molecule has 2 aromatic heterocycles. The Bertz CT molecular complexity index is 2720. The van der Waals surface area contributed by atoms with Crippen LogP contribution in [-0.2, 0) is 0 Å². The van der Waals surface area contributed by atoms with Crippen molar-refractivity contribution in [3.63, 3.8) is 0 Å². The van der Waals surface area contributed by atoms with Crippen molar-refractivity contribution in [2.45, 2.75) is 0 Å². The Morgan fingerprint density at radius 3 is 1.98 bits per heavy atom. The maximum absolute atomic E-state index is 6.96. The first kappa shape index (κ1) is 24.3. The van der Waals surface area contributed by atoms with Gasteiger partial charge in [0.05, 0.1) is 11.0 Å². The number of fused-ring (bicyclic) bond motifs is 20. The van der Waals surface area contributed by atoms with Gasteiger partial charge >= 0.3 is 6.85 Å². The van der Waals surface area contributed by atoms with Gasteiger partial charge in [0, 0.05) is 49.7 Å². The number of para-hydroxylation sites is 4. The van der Waals surface area contributed by atoms with Crippen molar-refractivity contribution in [1.82, 2.24) is 4.57 Å². The predicted molar refractivity (Wildman–Crippen MR) is 193 cm³/mol. The van der Waals surface area contributed by atoms with Gasteiger partial charge in [0.15, 0.2) is 5.58 Å². The van der Waals surface area contributed by atoms with Crippen molar-refractivity contribution in [1.29, 1.82) is 0 Å². The Balaban J connectivity index is 1.45. The average molecular weight is 584 g/mol. The summed E-state index contributed by atoms with van der Waals surface area (Å²) < 4.78 is 9.37. The van der Waals surface area contributed by atoms with Crippen LogP contribution in [-0.4, -0.2) is 11.4 Å². The zero-order valence-corrected chi connectivity index (χ0v) is 24.8. The molecule has 212 valence electrons. The van der Waals surface area contributed by atoms with E-state index in [0.29, 0.717) is 0 Å². The number of nitrogens with zero attached hydrogens (tertiary/aromatic N) is 2. The standard InChI is InChI=1S/C42H25BN2O/c1-2-14-26(15-3-1)44-34-23-11-7-19-30(34)39-40-37(38-31-20-8-13-25-36(31)46-42(38)41(39)44)29-18-5-10-22-33(29)43-32-21-9-4-16-27(32)28-17-6-12-24-35(28)45(40)43/h1-25H. The largest absolute Gasteiger partial charge is 0.454 e. The zero-order valence-electron chi connectivity index (χ0n) is 24.8. The normalized spacial score (nSPS) is 13.1. The van der Waals surface area contributed by atoms with E-state index in [1.807, 2.05) is 0 Å². The maximum Gasteiger partial charge on any atom is 0.329 e. The number of aromatic nitrogens is 1. The molecule has 2 aliphatic rings. The summed E-state index contributed by atoms with van der Waals surface area (Å²) in [5, 5.41) is 4.74. The molecule has 0 saturated carbocycles. The first-order valence-corrected chi connectivity index (χ1v) is 15.9. The minimum Gasteiger partial charge on any atom is -0.454 e. The van der Waals surface area contributed by atoms with Crippen LogP contribution in [0.1, 0.15) is 0 Å². The van der Waals surface area contributed by atoms with Crippen molar-refractivity contribution in [3.05, 3.63) is 152 Å².